The Labute approximate surface area is 91.6 Å². The first-order valence-corrected chi connectivity index (χ1v) is 5.82. The molecule has 88 valence electrons. The zero-order valence-electron chi connectivity index (χ0n) is 9.70. The van der Waals surface area contributed by atoms with Crippen LogP contribution in [0.1, 0.15) is 33.1 Å². The minimum absolute atomic E-state index is 0.266. The van der Waals surface area contributed by atoms with E-state index in [2.05, 4.69) is 24.1 Å². The number of carboxylic acids is 1. The summed E-state index contributed by atoms with van der Waals surface area (Å²) in [5.41, 5.74) is 0. The van der Waals surface area contributed by atoms with Gasteiger partial charge in [0.15, 0.2) is 0 Å². The highest BCUT2D eigenvalue weighted by Crippen LogP contribution is 2.09. The van der Waals surface area contributed by atoms with Gasteiger partial charge in [-0.05, 0) is 32.9 Å². The number of hydrogen-bond acceptors (Lipinski definition) is 3. The molecule has 0 aliphatic carbocycles. The molecule has 0 aromatic carbocycles. The first kappa shape index (κ1) is 12.5. The zero-order valence-corrected chi connectivity index (χ0v) is 9.70. The molecule has 0 amide bonds. The van der Waals surface area contributed by atoms with Crippen LogP contribution in [0.5, 0.6) is 0 Å². The molecule has 4 heteroatoms. The Bertz CT molecular complexity index is 209. The minimum atomic E-state index is -0.697. The Hall–Kier alpha value is -0.610. The number of aliphatic carboxylic acids is 1. The van der Waals surface area contributed by atoms with Gasteiger partial charge in [0.25, 0.3) is 0 Å². The van der Waals surface area contributed by atoms with Crippen molar-refractivity contribution < 1.29 is 9.90 Å². The van der Waals surface area contributed by atoms with Crippen LogP contribution >= 0.6 is 0 Å². The topological polar surface area (TPSA) is 52.6 Å². The third-order valence-electron chi connectivity index (χ3n) is 3.03. The molecule has 1 rings (SSSR count). The fourth-order valence-electron chi connectivity index (χ4n) is 2.08. The van der Waals surface area contributed by atoms with Crippen LogP contribution in [0.4, 0.5) is 0 Å². The van der Waals surface area contributed by atoms with Crippen LogP contribution in [0.2, 0.25) is 0 Å². The molecule has 1 aliphatic rings. The Kier molecular flexibility index (Phi) is 5.05. The Morgan fingerprint density at radius 3 is 2.93 bits per heavy atom. The summed E-state index contributed by atoms with van der Waals surface area (Å²) in [4.78, 5) is 12.9. The van der Waals surface area contributed by atoms with Crippen molar-refractivity contribution in [2.24, 2.45) is 0 Å². The van der Waals surface area contributed by atoms with Crippen LogP contribution < -0.4 is 5.32 Å². The minimum Gasteiger partial charge on any atom is -0.481 e. The quantitative estimate of drug-likeness (QED) is 0.731. The number of nitrogens with zero attached hydrogens (tertiary/aromatic N) is 1. The summed E-state index contributed by atoms with van der Waals surface area (Å²) in [6, 6.07) is 0.832. The summed E-state index contributed by atoms with van der Waals surface area (Å²) in [6.07, 6.45) is 2.15. The normalized spacial score (nSPS) is 28.7. The highest BCUT2D eigenvalue weighted by molar-refractivity contribution is 5.66. The van der Waals surface area contributed by atoms with Crippen molar-refractivity contribution in [3.8, 4) is 0 Å². The van der Waals surface area contributed by atoms with Gasteiger partial charge >= 0.3 is 5.97 Å². The molecular formula is C11H22N2O2. The first-order valence-electron chi connectivity index (χ1n) is 5.82. The molecule has 0 spiro atoms. The van der Waals surface area contributed by atoms with E-state index in [0.29, 0.717) is 12.1 Å². The van der Waals surface area contributed by atoms with Crippen molar-refractivity contribution in [1.82, 2.24) is 10.2 Å². The predicted molar refractivity (Wildman–Crippen MR) is 60.0 cm³/mol. The van der Waals surface area contributed by atoms with Gasteiger partial charge < -0.3 is 15.3 Å². The van der Waals surface area contributed by atoms with E-state index in [4.69, 9.17) is 5.11 Å². The van der Waals surface area contributed by atoms with Crippen molar-refractivity contribution in [3.63, 3.8) is 0 Å². The van der Waals surface area contributed by atoms with Crippen molar-refractivity contribution in [1.29, 1.82) is 0 Å². The van der Waals surface area contributed by atoms with E-state index in [1.165, 1.54) is 0 Å². The molecular weight excluding hydrogens is 192 g/mol. The molecule has 0 bridgehead atoms. The molecule has 0 saturated carbocycles. The van der Waals surface area contributed by atoms with Gasteiger partial charge in [-0.15, -0.1) is 0 Å². The molecule has 15 heavy (non-hydrogen) atoms. The Balaban J connectivity index is 2.41. The lowest BCUT2D eigenvalue weighted by Gasteiger charge is -2.22. The predicted octanol–water partition coefficient (Wildman–Crippen LogP) is 0.923. The van der Waals surface area contributed by atoms with E-state index in [9.17, 15) is 4.79 Å². The summed E-state index contributed by atoms with van der Waals surface area (Å²) >= 11 is 0. The molecule has 0 radical (unpaired) electrons. The molecule has 1 fully saturated rings. The summed E-state index contributed by atoms with van der Waals surface area (Å²) in [5.74, 6) is -0.697. The average molecular weight is 214 g/mol. The second-order valence-electron chi connectivity index (χ2n) is 4.38. The van der Waals surface area contributed by atoms with Crippen LogP contribution in [-0.2, 0) is 4.79 Å². The van der Waals surface area contributed by atoms with Crippen LogP contribution in [0, 0.1) is 0 Å². The number of likely N-dealkylation sites (N-methyl/N-ethyl adjacent to an activating group) is 1. The molecule has 2 N–H and O–H groups in total. The molecule has 2 atom stereocenters. The third-order valence-corrected chi connectivity index (χ3v) is 3.03. The number of hydrogen-bond donors (Lipinski definition) is 2. The van der Waals surface area contributed by atoms with Crippen molar-refractivity contribution in [2.75, 3.05) is 19.6 Å². The van der Waals surface area contributed by atoms with Gasteiger partial charge in [0.1, 0.15) is 0 Å². The first-order chi connectivity index (χ1) is 7.11. The lowest BCUT2D eigenvalue weighted by Crippen LogP contribution is -2.40. The van der Waals surface area contributed by atoms with Crippen molar-refractivity contribution in [3.05, 3.63) is 0 Å². The van der Waals surface area contributed by atoms with Crippen LogP contribution in [0.15, 0.2) is 0 Å². The smallest absolute Gasteiger partial charge is 0.303 e. The standard InChI is InChI=1S/C11H22N2O2/c1-3-13-7-6-9(2)12-10(8-13)4-5-11(14)15/h9-10,12H,3-8H2,1-2H3,(H,14,15). The van der Waals surface area contributed by atoms with Crippen LogP contribution in [-0.4, -0.2) is 47.7 Å². The zero-order chi connectivity index (χ0) is 11.3. The second kappa shape index (κ2) is 6.08. The van der Waals surface area contributed by atoms with E-state index in [1.807, 2.05) is 0 Å². The van der Waals surface area contributed by atoms with E-state index in [0.717, 1.165) is 32.5 Å². The summed E-state index contributed by atoms with van der Waals surface area (Å²) in [7, 11) is 0. The van der Waals surface area contributed by atoms with Gasteiger partial charge in [-0.25, -0.2) is 0 Å². The van der Waals surface area contributed by atoms with Crippen molar-refractivity contribution >= 4 is 5.97 Å². The molecule has 0 aromatic heterocycles. The molecule has 1 aliphatic heterocycles. The monoisotopic (exact) mass is 214 g/mol. The third kappa shape index (κ3) is 4.62. The SMILES string of the molecule is CCN1CCC(C)NC(CCC(=O)O)C1. The van der Waals surface area contributed by atoms with Gasteiger partial charge in [0.2, 0.25) is 0 Å². The molecule has 4 nitrogen and oxygen atoms in total. The van der Waals surface area contributed by atoms with Crippen LogP contribution in [0.3, 0.4) is 0 Å². The van der Waals surface area contributed by atoms with Gasteiger partial charge in [-0.2, -0.15) is 0 Å². The van der Waals surface area contributed by atoms with E-state index < -0.39 is 5.97 Å². The van der Waals surface area contributed by atoms with Gasteiger partial charge in [-0.3, -0.25) is 4.79 Å². The second-order valence-corrected chi connectivity index (χ2v) is 4.38. The van der Waals surface area contributed by atoms with E-state index in [-0.39, 0.29) is 6.42 Å². The maximum Gasteiger partial charge on any atom is 0.303 e. The Morgan fingerprint density at radius 2 is 2.33 bits per heavy atom. The number of nitrogens with one attached hydrogen (secondary N) is 1. The molecule has 1 heterocycles. The maximum atomic E-state index is 10.5. The lowest BCUT2D eigenvalue weighted by atomic mass is 10.1. The van der Waals surface area contributed by atoms with Crippen molar-refractivity contribution in [2.45, 2.75) is 45.2 Å². The van der Waals surface area contributed by atoms with Crippen LogP contribution in [0.25, 0.3) is 0 Å². The Morgan fingerprint density at radius 1 is 1.60 bits per heavy atom. The van der Waals surface area contributed by atoms with E-state index in [1.54, 1.807) is 0 Å². The van der Waals surface area contributed by atoms with Gasteiger partial charge in [-0.1, -0.05) is 6.92 Å². The molecule has 2 unspecified atom stereocenters. The number of rotatable bonds is 4. The average Bonchev–Trinajstić information content (AvgIpc) is 2.37. The lowest BCUT2D eigenvalue weighted by molar-refractivity contribution is -0.137. The highest BCUT2D eigenvalue weighted by atomic mass is 16.4. The fraction of sp³-hybridized carbons (Fsp3) is 0.909. The summed E-state index contributed by atoms with van der Waals surface area (Å²) in [5, 5.41) is 12.2. The van der Waals surface area contributed by atoms with Gasteiger partial charge in [0, 0.05) is 25.0 Å². The largest absolute Gasteiger partial charge is 0.481 e. The number of carboxylic acid groups (broad SMARTS) is 1. The summed E-state index contributed by atoms with van der Waals surface area (Å²) < 4.78 is 0. The van der Waals surface area contributed by atoms with Gasteiger partial charge in [0.05, 0.1) is 0 Å². The number of carbonyl (C=O) groups is 1. The summed E-state index contributed by atoms with van der Waals surface area (Å²) in [6.45, 7) is 7.48. The molecule has 0 aromatic rings. The van der Waals surface area contributed by atoms with E-state index >= 15 is 0 Å². The maximum absolute atomic E-state index is 10.5. The fourth-order valence-corrected chi connectivity index (χ4v) is 2.08. The molecule has 1 saturated heterocycles. The highest BCUT2D eigenvalue weighted by Gasteiger charge is 2.20.